The molecule has 0 aromatic heterocycles. The number of fused-ring (bicyclic) bond motifs is 2. The fourth-order valence-electron chi connectivity index (χ4n) is 3.26. The Morgan fingerprint density at radius 1 is 0.955 bits per heavy atom. The van der Waals surface area contributed by atoms with Crippen molar-refractivity contribution in [3.63, 3.8) is 0 Å². The van der Waals surface area contributed by atoms with Gasteiger partial charge in [-0.15, -0.1) is 0 Å². The minimum atomic E-state index is 0.629. The molecule has 0 spiro atoms. The van der Waals surface area contributed by atoms with Gasteiger partial charge in [-0.1, -0.05) is 48.5 Å². The first-order valence-corrected chi connectivity index (χ1v) is 8.94. The van der Waals surface area contributed by atoms with Crippen LogP contribution in [0.15, 0.2) is 60.7 Å². The molecule has 112 valence electrons. The molecule has 0 radical (unpaired) electrons. The SMILES string of the molecule is C1=C(c2ccc(OCc3ccccc3)cc2)CC2CCC1S2. The summed E-state index contributed by atoms with van der Waals surface area (Å²) in [6.45, 7) is 0.629. The van der Waals surface area contributed by atoms with Crippen LogP contribution in [0.5, 0.6) is 5.75 Å². The second kappa shape index (κ2) is 6.21. The van der Waals surface area contributed by atoms with Crippen LogP contribution in [0.3, 0.4) is 0 Å². The molecule has 2 heterocycles. The monoisotopic (exact) mass is 308 g/mol. The predicted octanol–water partition coefficient (Wildman–Crippen LogP) is 5.32. The minimum absolute atomic E-state index is 0.629. The molecule has 0 N–H and O–H groups in total. The van der Waals surface area contributed by atoms with E-state index in [0.29, 0.717) is 6.61 Å². The van der Waals surface area contributed by atoms with Crippen LogP contribution in [0.25, 0.3) is 5.57 Å². The number of thioether (sulfide) groups is 1. The average Bonchev–Trinajstić information content (AvgIpc) is 2.92. The maximum atomic E-state index is 5.87. The Morgan fingerprint density at radius 3 is 2.55 bits per heavy atom. The van der Waals surface area contributed by atoms with Crippen molar-refractivity contribution in [1.29, 1.82) is 0 Å². The zero-order chi connectivity index (χ0) is 14.8. The maximum Gasteiger partial charge on any atom is 0.119 e. The van der Waals surface area contributed by atoms with Crippen LogP contribution >= 0.6 is 11.8 Å². The van der Waals surface area contributed by atoms with E-state index in [2.05, 4.69) is 54.2 Å². The number of benzene rings is 2. The van der Waals surface area contributed by atoms with Crippen molar-refractivity contribution in [3.05, 3.63) is 71.8 Å². The first-order chi connectivity index (χ1) is 10.9. The summed E-state index contributed by atoms with van der Waals surface area (Å²) >= 11 is 2.16. The molecule has 2 atom stereocenters. The first kappa shape index (κ1) is 14.0. The molecular weight excluding hydrogens is 288 g/mol. The molecule has 2 aromatic carbocycles. The molecule has 2 aromatic rings. The van der Waals surface area contributed by atoms with Gasteiger partial charge in [0.2, 0.25) is 0 Å². The lowest BCUT2D eigenvalue weighted by Gasteiger charge is -2.19. The molecule has 2 bridgehead atoms. The summed E-state index contributed by atoms with van der Waals surface area (Å²) in [5, 5.41) is 1.60. The highest BCUT2D eigenvalue weighted by Crippen LogP contribution is 2.45. The standard InChI is InChI=1S/C20H20OS/c1-2-4-15(5-3-1)14-21-18-8-6-16(7-9-18)17-12-19-10-11-20(13-17)22-19/h1-9,12,19-20H,10-11,13-14H2. The van der Waals surface area contributed by atoms with Gasteiger partial charge in [-0.25, -0.2) is 0 Å². The van der Waals surface area contributed by atoms with Gasteiger partial charge >= 0.3 is 0 Å². The molecule has 2 aliphatic heterocycles. The van der Waals surface area contributed by atoms with Crippen LogP contribution in [0.2, 0.25) is 0 Å². The lowest BCUT2D eigenvalue weighted by atomic mass is 10.0. The molecule has 2 unspecified atom stereocenters. The molecule has 2 aliphatic rings. The molecule has 0 amide bonds. The second-order valence-electron chi connectivity index (χ2n) is 6.07. The Labute approximate surface area is 136 Å². The van der Waals surface area contributed by atoms with Crippen molar-refractivity contribution in [1.82, 2.24) is 0 Å². The molecule has 1 saturated heterocycles. The van der Waals surface area contributed by atoms with Crippen LogP contribution in [-0.2, 0) is 6.61 Å². The summed E-state index contributed by atoms with van der Waals surface area (Å²) in [7, 11) is 0. The van der Waals surface area contributed by atoms with Gasteiger partial charge in [0.25, 0.3) is 0 Å². The van der Waals surface area contributed by atoms with Crippen LogP contribution < -0.4 is 4.74 Å². The maximum absolute atomic E-state index is 5.87. The Bertz CT molecular complexity index is 660. The third-order valence-electron chi connectivity index (χ3n) is 4.45. The van der Waals surface area contributed by atoms with Gasteiger partial charge < -0.3 is 4.74 Å². The zero-order valence-corrected chi connectivity index (χ0v) is 13.4. The first-order valence-electron chi connectivity index (χ1n) is 8.00. The summed E-state index contributed by atoms with van der Waals surface area (Å²) in [4.78, 5) is 0. The molecule has 2 heteroatoms. The van der Waals surface area contributed by atoms with Crippen molar-refractivity contribution in [2.75, 3.05) is 0 Å². The topological polar surface area (TPSA) is 9.23 Å². The average molecular weight is 308 g/mol. The highest BCUT2D eigenvalue weighted by Gasteiger charge is 2.29. The number of rotatable bonds is 4. The highest BCUT2D eigenvalue weighted by atomic mass is 32.2. The smallest absolute Gasteiger partial charge is 0.119 e. The normalized spacial score (nSPS) is 23.2. The molecule has 22 heavy (non-hydrogen) atoms. The van der Waals surface area contributed by atoms with Gasteiger partial charge in [0, 0.05) is 10.5 Å². The largest absolute Gasteiger partial charge is 0.489 e. The summed E-state index contributed by atoms with van der Waals surface area (Å²) in [6.07, 6.45) is 6.45. The lowest BCUT2D eigenvalue weighted by Crippen LogP contribution is -2.05. The van der Waals surface area contributed by atoms with E-state index < -0.39 is 0 Å². The van der Waals surface area contributed by atoms with Crippen molar-refractivity contribution in [3.8, 4) is 5.75 Å². The molecular formula is C20H20OS. The van der Waals surface area contributed by atoms with E-state index in [9.17, 15) is 0 Å². The minimum Gasteiger partial charge on any atom is -0.489 e. The van der Waals surface area contributed by atoms with E-state index >= 15 is 0 Å². The van der Waals surface area contributed by atoms with Gasteiger partial charge in [-0.3, -0.25) is 0 Å². The number of hydrogen-bond acceptors (Lipinski definition) is 2. The van der Waals surface area contributed by atoms with Gasteiger partial charge in [-0.2, -0.15) is 11.8 Å². The molecule has 1 nitrogen and oxygen atoms in total. The molecule has 1 fully saturated rings. The van der Waals surface area contributed by atoms with Crippen molar-refractivity contribution < 1.29 is 4.74 Å². The van der Waals surface area contributed by atoms with Gasteiger partial charge in [0.15, 0.2) is 0 Å². The van der Waals surface area contributed by atoms with E-state index in [1.54, 1.807) is 0 Å². The lowest BCUT2D eigenvalue weighted by molar-refractivity contribution is 0.306. The Hall–Kier alpha value is -1.67. The summed E-state index contributed by atoms with van der Waals surface area (Å²) < 4.78 is 5.87. The second-order valence-corrected chi connectivity index (χ2v) is 7.61. The highest BCUT2D eigenvalue weighted by molar-refractivity contribution is 8.01. The summed E-state index contributed by atoms with van der Waals surface area (Å²) in [5.41, 5.74) is 4.10. The molecule has 0 aliphatic carbocycles. The third kappa shape index (κ3) is 3.07. The van der Waals surface area contributed by atoms with E-state index in [1.165, 1.54) is 36.0 Å². The van der Waals surface area contributed by atoms with E-state index in [0.717, 1.165) is 16.2 Å². The summed E-state index contributed by atoms with van der Waals surface area (Å²) in [6, 6.07) is 18.9. The fraction of sp³-hybridized carbons (Fsp3) is 0.300. The van der Waals surface area contributed by atoms with Crippen LogP contribution in [0.4, 0.5) is 0 Å². The van der Waals surface area contributed by atoms with Gasteiger partial charge in [-0.05, 0) is 48.1 Å². The Kier molecular flexibility index (Phi) is 3.94. The van der Waals surface area contributed by atoms with E-state index in [4.69, 9.17) is 4.74 Å². The number of allylic oxidation sites excluding steroid dienone is 1. The van der Waals surface area contributed by atoms with Gasteiger partial charge in [0.1, 0.15) is 12.4 Å². The fourth-order valence-corrected chi connectivity index (χ4v) is 4.82. The predicted molar refractivity (Wildman–Crippen MR) is 94.2 cm³/mol. The Morgan fingerprint density at radius 2 is 1.77 bits per heavy atom. The zero-order valence-electron chi connectivity index (χ0n) is 12.6. The Balaban J connectivity index is 1.42. The number of ether oxygens (including phenoxy) is 1. The number of hydrogen-bond donors (Lipinski definition) is 0. The van der Waals surface area contributed by atoms with Crippen molar-refractivity contribution in [2.24, 2.45) is 0 Å². The van der Waals surface area contributed by atoms with Crippen LogP contribution in [-0.4, -0.2) is 10.5 Å². The van der Waals surface area contributed by atoms with Crippen molar-refractivity contribution in [2.45, 2.75) is 36.4 Å². The molecule has 0 saturated carbocycles. The van der Waals surface area contributed by atoms with Crippen LogP contribution in [0, 0.1) is 0 Å². The van der Waals surface area contributed by atoms with E-state index in [-0.39, 0.29) is 0 Å². The molecule has 4 rings (SSSR count). The quantitative estimate of drug-likeness (QED) is 0.756. The van der Waals surface area contributed by atoms with Crippen molar-refractivity contribution >= 4 is 17.3 Å². The summed E-state index contributed by atoms with van der Waals surface area (Å²) in [5.74, 6) is 0.946. The third-order valence-corrected chi connectivity index (χ3v) is 5.96. The van der Waals surface area contributed by atoms with E-state index in [1.807, 2.05) is 18.2 Å². The van der Waals surface area contributed by atoms with Crippen LogP contribution in [0.1, 0.15) is 30.4 Å². The van der Waals surface area contributed by atoms with Gasteiger partial charge in [0.05, 0.1) is 0 Å².